The molecule has 3 fully saturated rings. The molecule has 1 unspecified atom stereocenters. The fourth-order valence-electron chi connectivity index (χ4n) is 9.68. The molecule has 1 saturated carbocycles. The average Bonchev–Trinajstić information content (AvgIpc) is 3.21. The predicted octanol–water partition coefficient (Wildman–Crippen LogP) is 5.29. The van der Waals surface area contributed by atoms with E-state index in [1.54, 1.807) is 34.1 Å². The highest BCUT2D eigenvalue weighted by Gasteiger charge is 2.56. The maximum absolute atomic E-state index is 14.4. The summed E-state index contributed by atoms with van der Waals surface area (Å²) in [7, 11) is 6.40. The minimum atomic E-state index is -2.50. The van der Waals surface area contributed by atoms with E-state index in [4.69, 9.17) is 28.4 Å². The molecule has 2 bridgehead atoms. The van der Waals surface area contributed by atoms with Crippen LogP contribution in [0.4, 0.5) is 0 Å². The van der Waals surface area contributed by atoms with Crippen LogP contribution in [0.2, 0.25) is 0 Å². The van der Waals surface area contributed by atoms with Gasteiger partial charge < -0.3 is 43.5 Å². The summed E-state index contributed by atoms with van der Waals surface area (Å²) in [5.41, 5.74) is 1.67. The highest BCUT2D eigenvalue weighted by atomic mass is 16.7. The lowest BCUT2D eigenvalue weighted by atomic mass is 9.81. The normalized spacial score (nSPS) is 40.5. The maximum Gasteiger partial charge on any atom is 0.329 e. The van der Waals surface area contributed by atoms with Gasteiger partial charge in [-0.25, -0.2) is 4.79 Å². The highest BCUT2D eigenvalue weighted by molar-refractivity contribution is 6.39. The second kappa shape index (κ2) is 21.7. The monoisotopic (exact) mass is 817 g/mol. The molecule has 0 aromatic rings. The van der Waals surface area contributed by atoms with Gasteiger partial charge in [0.15, 0.2) is 0 Å². The number of hydrogen-bond acceptors (Lipinski definition) is 12. The molecule has 13 nitrogen and oxygen atoms in total. The third-order valence-electron chi connectivity index (χ3n) is 13.2. The number of carbonyl (C=O) groups excluding carboxylic acids is 4. The molecule has 2 N–H and O–H groups in total. The molecule has 328 valence electrons. The van der Waals surface area contributed by atoms with Crippen molar-refractivity contribution in [2.45, 2.75) is 160 Å². The Balaban J connectivity index is 1.78. The lowest BCUT2D eigenvalue weighted by molar-refractivity contribution is -0.302. The topological polar surface area (TPSA) is 167 Å². The Hall–Kier alpha value is -2.78. The number of amides is 1. The van der Waals surface area contributed by atoms with Crippen LogP contribution in [0.1, 0.15) is 105 Å². The van der Waals surface area contributed by atoms with Gasteiger partial charge in [0.2, 0.25) is 5.79 Å². The Morgan fingerprint density at radius 2 is 1.57 bits per heavy atom. The van der Waals surface area contributed by atoms with Crippen molar-refractivity contribution in [2.75, 3.05) is 35.0 Å². The SMILES string of the molecule is C=CC[C@H]1/C=C(/C)C[C@@H](C)C[C@@H](OC)[C@@H]2O[C@@](O)(C(=O)C(=O)N3CCCCC3C(=O)O[C@H](/C(C)=C/[C@@H]3CC[C@@H](OC)[C@H](OC)C3)[C@H](C)[C@@H](O)CC1=O)[C@H](C)C[C@@H]2OC. The number of hydrogen-bond donors (Lipinski definition) is 2. The van der Waals surface area contributed by atoms with Crippen LogP contribution < -0.4 is 0 Å². The Kier molecular flexibility index (Phi) is 17.9. The van der Waals surface area contributed by atoms with E-state index in [1.807, 2.05) is 26.8 Å². The second-order valence-corrected chi connectivity index (χ2v) is 17.5. The zero-order valence-corrected chi connectivity index (χ0v) is 36.4. The summed E-state index contributed by atoms with van der Waals surface area (Å²) in [6, 6.07) is -1.13. The zero-order valence-electron chi connectivity index (χ0n) is 36.4. The van der Waals surface area contributed by atoms with E-state index in [1.165, 1.54) is 19.1 Å². The lowest BCUT2D eigenvalue weighted by Gasteiger charge is -2.47. The van der Waals surface area contributed by atoms with E-state index in [0.717, 1.165) is 18.4 Å². The molecule has 4 aliphatic rings. The molecule has 1 aliphatic carbocycles. The van der Waals surface area contributed by atoms with E-state index in [0.29, 0.717) is 44.1 Å². The predicted molar refractivity (Wildman–Crippen MR) is 217 cm³/mol. The number of cyclic esters (lactones) is 1. The summed E-state index contributed by atoms with van der Waals surface area (Å²) < 4.78 is 35.7. The number of ketones is 2. The van der Waals surface area contributed by atoms with Crippen LogP contribution >= 0.6 is 0 Å². The summed E-state index contributed by atoms with van der Waals surface area (Å²) in [5.74, 6) is -7.56. The van der Waals surface area contributed by atoms with Crippen molar-refractivity contribution < 1.29 is 57.8 Å². The van der Waals surface area contributed by atoms with Gasteiger partial charge in [-0.15, -0.1) is 6.58 Å². The summed E-state index contributed by atoms with van der Waals surface area (Å²) >= 11 is 0. The zero-order chi connectivity index (χ0) is 42.9. The van der Waals surface area contributed by atoms with Crippen molar-refractivity contribution in [1.82, 2.24) is 4.90 Å². The van der Waals surface area contributed by atoms with Crippen molar-refractivity contribution in [3.05, 3.63) is 36.0 Å². The van der Waals surface area contributed by atoms with Gasteiger partial charge in [0.1, 0.15) is 24.0 Å². The van der Waals surface area contributed by atoms with Gasteiger partial charge in [-0.2, -0.15) is 0 Å². The van der Waals surface area contributed by atoms with Crippen molar-refractivity contribution in [3.63, 3.8) is 0 Å². The molecule has 4 rings (SSSR count). The number of Topliss-reactive ketones (excluding diaryl/α,β-unsaturated/α-hetero) is 2. The largest absolute Gasteiger partial charge is 0.456 e. The Bertz CT molecular complexity index is 1500. The van der Waals surface area contributed by atoms with Gasteiger partial charge >= 0.3 is 5.97 Å². The van der Waals surface area contributed by atoms with Crippen LogP contribution in [0.15, 0.2) is 36.0 Å². The van der Waals surface area contributed by atoms with Crippen molar-refractivity contribution in [2.24, 2.45) is 29.6 Å². The summed E-state index contributed by atoms with van der Waals surface area (Å²) in [6.07, 6.45) is 6.48. The van der Waals surface area contributed by atoms with Crippen molar-refractivity contribution in [1.29, 1.82) is 0 Å². The average molecular weight is 818 g/mol. The first-order valence-electron chi connectivity index (χ1n) is 21.3. The number of esters is 1. The minimum absolute atomic E-state index is 0.0165. The number of aliphatic hydroxyl groups excluding tert-OH is 1. The second-order valence-electron chi connectivity index (χ2n) is 17.5. The van der Waals surface area contributed by atoms with E-state index in [2.05, 4.69) is 12.7 Å². The molecular formula is C45H71NO12. The van der Waals surface area contributed by atoms with Gasteiger partial charge in [0, 0.05) is 59.2 Å². The van der Waals surface area contributed by atoms with Gasteiger partial charge in [0.25, 0.3) is 11.7 Å². The minimum Gasteiger partial charge on any atom is -0.456 e. The van der Waals surface area contributed by atoms with Crippen LogP contribution in [0.25, 0.3) is 0 Å². The molecular weight excluding hydrogens is 746 g/mol. The Morgan fingerprint density at radius 1 is 0.914 bits per heavy atom. The van der Waals surface area contributed by atoms with Gasteiger partial charge in [0.05, 0.1) is 30.5 Å². The summed E-state index contributed by atoms with van der Waals surface area (Å²) in [4.78, 5) is 58.0. The third-order valence-corrected chi connectivity index (χ3v) is 13.2. The summed E-state index contributed by atoms with van der Waals surface area (Å²) in [5, 5.41) is 23.8. The van der Waals surface area contributed by atoms with E-state index >= 15 is 0 Å². The van der Waals surface area contributed by atoms with Crippen LogP contribution in [0, 0.1) is 29.6 Å². The van der Waals surface area contributed by atoms with Crippen LogP contribution in [-0.4, -0.2) is 128 Å². The fourth-order valence-corrected chi connectivity index (χ4v) is 9.68. The van der Waals surface area contributed by atoms with E-state index < -0.39 is 77.8 Å². The molecule has 58 heavy (non-hydrogen) atoms. The Labute approximate surface area is 345 Å². The number of methoxy groups -OCH3 is 4. The molecule has 13 heteroatoms. The van der Waals surface area contributed by atoms with Crippen molar-refractivity contribution >= 4 is 23.4 Å². The number of aliphatic hydroxyl groups is 2. The van der Waals surface area contributed by atoms with Crippen molar-refractivity contribution in [3.8, 4) is 0 Å². The van der Waals surface area contributed by atoms with Crippen LogP contribution in [0.5, 0.6) is 0 Å². The number of piperidine rings is 1. The lowest BCUT2D eigenvalue weighted by Crippen LogP contribution is -2.64. The van der Waals surface area contributed by atoms with Gasteiger partial charge in [-0.1, -0.05) is 44.6 Å². The molecule has 14 atom stereocenters. The summed E-state index contributed by atoms with van der Waals surface area (Å²) in [6.45, 7) is 13.2. The third kappa shape index (κ3) is 11.3. The molecule has 0 aromatic heterocycles. The number of fused-ring (bicyclic) bond motifs is 3. The smallest absolute Gasteiger partial charge is 0.329 e. The highest BCUT2D eigenvalue weighted by Crippen LogP contribution is 2.39. The first-order valence-corrected chi connectivity index (χ1v) is 21.3. The molecule has 2 saturated heterocycles. The molecule has 3 aliphatic heterocycles. The number of nitrogens with zero attached hydrogens (tertiary/aromatic N) is 1. The molecule has 3 heterocycles. The molecule has 0 aromatic carbocycles. The number of ether oxygens (including phenoxy) is 6. The number of carbonyl (C=O) groups is 4. The van der Waals surface area contributed by atoms with Gasteiger partial charge in [-0.3, -0.25) is 14.4 Å². The van der Waals surface area contributed by atoms with Crippen LogP contribution in [-0.2, 0) is 47.6 Å². The number of allylic oxidation sites excluding steroid dienone is 4. The van der Waals surface area contributed by atoms with E-state index in [-0.39, 0.29) is 55.6 Å². The molecule has 0 radical (unpaired) electrons. The first-order chi connectivity index (χ1) is 27.5. The van der Waals surface area contributed by atoms with E-state index in [9.17, 15) is 29.4 Å². The standard InChI is InChI=1S/C45H71NO12/c1-11-14-32-20-26(2)19-27(3)21-38(55-9)41-39(56-10)23-29(5)45(52,58-41)42(49)43(50)46-18-13-12-15-33(46)44(51)57-40(30(6)34(47)25-35(32)48)28(4)22-31-16-17-36(53-7)37(24-31)54-8/h11,20,22,27,29-34,36-41,47,52H,1,12-19,21,23-25H2,2-10H3/b26-20-,28-22+/t27-,29-,30-,31+,32+,33?,34+,36-,37-,38-,39+,40-,41+,45-/m1/s1. The Morgan fingerprint density at radius 3 is 2.21 bits per heavy atom. The maximum atomic E-state index is 14.4. The molecule has 0 spiro atoms. The number of rotatable bonds is 8. The fraction of sp³-hybridized carbons (Fsp3) is 0.778. The quantitative estimate of drug-likeness (QED) is 0.185. The first kappa shape index (κ1) is 47.9. The molecule has 1 amide bonds. The van der Waals surface area contributed by atoms with Crippen LogP contribution in [0.3, 0.4) is 0 Å². The van der Waals surface area contributed by atoms with Gasteiger partial charge in [-0.05, 0) is 95.5 Å².